The van der Waals surface area contributed by atoms with Crippen molar-refractivity contribution in [3.05, 3.63) is 99.2 Å². The number of ether oxygens (including phenoxy) is 3. The molecule has 4 aromatic rings. The maximum absolute atomic E-state index is 12.7. The third-order valence-corrected chi connectivity index (χ3v) is 8.46. The first-order chi connectivity index (χ1) is 20.9. The van der Waals surface area contributed by atoms with Crippen molar-refractivity contribution in [2.75, 3.05) is 49.2 Å². The molecule has 0 saturated carbocycles. The highest BCUT2D eigenvalue weighted by atomic mass is 35.5. The van der Waals surface area contributed by atoms with E-state index in [1.54, 1.807) is 33.8 Å². The smallest absolute Gasteiger partial charge is 0.350 e. The van der Waals surface area contributed by atoms with Gasteiger partial charge in [0.15, 0.2) is 6.29 Å². The van der Waals surface area contributed by atoms with Gasteiger partial charge in [-0.05, 0) is 80.1 Å². The quantitative estimate of drug-likeness (QED) is 0.222. The lowest BCUT2D eigenvalue weighted by Gasteiger charge is -2.37. The fourth-order valence-electron chi connectivity index (χ4n) is 5.38. The third-order valence-electron chi connectivity index (χ3n) is 8.02. The average Bonchev–Trinajstić information content (AvgIpc) is 3.66. The zero-order chi connectivity index (χ0) is 29.9. The molecular formula is C32H35Cl2N5O4. The SMILES string of the molecule is CCC(C)n1ncn(-c2ccc(N3CCN(c4ccc(OC[C@@H]5CO[C@@H](c6cc(Cl)cc(Cl)c6)O5)cc4)CC3)cc2)c1=O. The molecule has 1 aromatic heterocycles. The molecule has 9 nitrogen and oxygen atoms in total. The Morgan fingerprint density at radius 3 is 2.09 bits per heavy atom. The first kappa shape index (κ1) is 29.6. The van der Waals surface area contributed by atoms with Crippen LogP contribution in [0.5, 0.6) is 5.75 Å². The van der Waals surface area contributed by atoms with Gasteiger partial charge in [0.2, 0.25) is 0 Å². The zero-order valence-corrected chi connectivity index (χ0v) is 25.7. The van der Waals surface area contributed by atoms with E-state index in [-0.39, 0.29) is 17.8 Å². The van der Waals surface area contributed by atoms with E-state index in [4.69, 9.17) is 37.4 Å². The molecule has 0 aliphatic carbocycles. The summed E-state index contributed by atoms with van der Waals surface area (Å²) in [7, 11) is 0. The molecule has 3 aromatic carbocycles. The van der Waals surface area contributed by atoms with Crippen LogP contribution in [0.15, 0.2) is 77.9 Å². The molecule has 11 heteroatoms. The molecule has 2 saturated heterocycles. The van der Waals surface area contributed by atoms with Crippen molar-refractivity contribution in [2.45, 2.75) is 38.7 Å². The Morgan fingerprint density at radius 1 is 0.907 bits per heavy atom. The molecule has 2 aliphatic rings. The maximum Gasteiger partial charge on any atom is 0.350 e. The van der Waals surface area contributed by atoms with E-state index in [0.717, 1.165) is 55.3 Å². The van der Waals surface area contributed by atoms with E-state index < -0.39 is 6.29 Å². The Kier molecular flexibility index (Phi) is 8.95. The summed E-state index contributed by atoms with van der Waals surface area (Å²) in [5.74, 6) is 0.786. The first-order valence-electron chi connectivity index (χ1n) is 14.6. The fraction of sp³-hybridized carbons (Fsp3) is 0.375. The molecule has 3 heterocycles. The largest absolute Gasteiger partial charge is 0.491 e. The van der Waals surface area contributed by atoms with E-state index in [9.17, 15) is 4.79 Å². The number of aromatic nitrogens is 3. The highest BCUT2D eigenvalue weighted by Crippen LogP contribution is 2.31. The van der Waals surface area contributed by atoms with Gasteiger partial charge < -0.3 is 24.0 Å². The molecule has 0 N–H and O–H groups in total. The molecule has 226 valence electrons. The van der Waals surface area contributed by atoms with E-state index in [0.29, 0.717) is 23.3 Å². The molecule has 3 atom stereocenters. The van der Waals surface area contributed by atoms with Crippen molar-refractivity contribution in [3.8, 4) is 11.4 Å². The number of hydrogen-bond donors (Lipinski definition) is 0. The van der Waals surface area contributed by atoms with Crippen molar-refractivity contribution in [3.63, 3.8) is 0 Å². The minimum Gasteiger partial charge on any atom is -0.491 e. The van der Waals surface area contributed by atoms with Crippen LogP contribution < -0.4 is 20.2 Å². The van der Waals surface area contributed by atoms with E-state index >= 15 is 0 Å². The molecule has 2 fully saturated rings. The van der Waals surface area contributed by atoms with Gasteiger partial charge >= 0.3 is 5.69 Å². The summed E-state index contributed by atoms with van der Waals surface area (Å²) in [6.45, 7) is 8.49. The summed E-state index contributed by atoms with van der Waals surface area (Å²) >= 11 is 12.2. The van der Waals surface area contributed by atoms with Crippen LogP contribution in [0.2, 0.25) is 10.0 Å². The summed E-state index contributed by atoms with van der Waals surface area (Å²) in [4.78, 5) is 17.5. The number of nitrogens with zero attached hydrogens (tertiary/aromatic N) is 5. The Labute approximate surface area is 261 Å². The van der Waals surface area contributed by atoms with Crippen LogP contribution in [0.1, 0.15) is 38.2 Å². The van der Waals surface area contributed by atoms with Gasteiger partial charge in [-0.2, -0.15) is 5.10 Å². The molecule has 43 heavy (non-hydrogen) atoms. The molecule has 0 amide bonds. The lowest BCUT2D eigenvalue weighted by molar-refractivity contribution is -0.0659. The Morgan fingerprint density at radius 2 is 1.49 bits per heavy atom. The highest BCUT2D eigenvalue weighted by molar-refractivity contribution is 6.34. The van der Waals surface area contributed by atoms with Gasteiger partial charge in [-0.1, -0.05) is 30.1 Å². The van der Waals surface area contributed by atoms with Crippen LogP contribution in [0, 0.1) is 0 Å². The van der Waals surface area contributed by atoms with Gasteiger partial charge in [-0.15, -0.1) is 0 Å². The van der Waals surface area contributed by atoms with Crippen molar-refractivity contribution in [1.29, 1.82) is 0 Å². The van der Waals surface area contributed by atoms with Crippen LogP contribution in [0.25, 0.3) is 5.69 Å². The third kappa shape index (κ3) is 6.70. The van der Waals surface area contributed by atoms with E-state index in [1.807, 2.05) is 38.1 Å². The van der Waals surface area contributed by atoms with Gasteiger partial charge in [-0.3, -0.25) is 0 Å². The number of piperazine rings is 1. The number of rotatable bonds is 9. The van der Waals surface area contributed by atoms with Gasteiger partial charge in [0, 0.05) is 53.2 Å². The summed E-state index contributed by atoms with van der Waals surface area (Å²) in [6.07, 6.45) is 1.76. The Bertz CT molecular complexity index is 1560. The zero-order valence-electron chi connectivity index (χ0n) is 24.2. The topological polar surface area (TPSA) is 74.0 Å². The van der Waals surface area contributed by atoms with Crippen LogP contribution in [0.4, 0.5) is 11.4 Å². The van der Waals surface area contributed by atoms with Gasteiger partial charge in [0.25, 0.3) is 0 Å². The Balaban J connectivity index is 0.981. The molecular weight excluding hydrogens is 589 g/mol. The van der Waals surface area contributed by atoms with Crippen molar-refractivity contribution in [2.24, 2.45) is 0 Å². The van der Waals surface area contributed by atoms with Gasteiger partial charge in [0.05, 0.1) is 18.3 Å². The second kappa shape index (κ2) is 13.0. The summed E-state index contributed by atoms with van der Waals surface area (Å²) < 4.78 is 20.9. The second-order valence-corrected chi connectivity index (χ2v) is 11.8. The molecule has 0 radical (unpaired) electrons. The first-order valence-corrected chi connectivity index (χ1v) is 15.4. The Hall–Kier alpha value is -3.50. The summed E-state index contributed by atoms with van der Waals surface area (Å²) in [6, 6.07) is 21.7. The van der Waals surface area contributed by atoms with Crippen molar-refractivity contribution >= 4 is 34.6 Å². The fourth-order valence-corrected chi connectivity index (χ4v) is 5.92. The van der Waals surface area contributed by atoms with Crippen LogP contribution in [0.3, 0.4) is 0 Å². The number of halogens is 2. The monoisotopic (exact) mass is 623 g/mol. The maximum atomic E-state index is 12.7. The lowest BCUT2D eigenvalue weighted by Crippen LogP contribution is -2.46. The highest BCUT2D eigenvalue weighted by Gasteiger charge is 2.28. The number of hydrogen-bond acceptors (Lipinski definition) is 7. The lowest BCUT2D eigenvalue weighted by atomic mass is 10.2. The number of benzene rings is 3. The standard InChI is InChI=1S/C32H35Cl2N5O4/c1-3-22(2)39-32(40)38(21-35-39)28-6-4-26(5-7-28)36-12-14-37(15-13-36)27-8-10-29(11-9-27)41-19-30-20-42-31(43-30)23-16-24(33)18-25(34)17-23/h4-11,16-18,21-22,30-31H,3,12-15,19-20H2,1-2H3/t22?,30-,31-/m1/s1. The summed E-state index contributed by atoms with van der Waals surface area (Å²) in [5.41, 5.74) is 3.82. The van der Waals surface area contributed by atoms with E-state index in [2.05, 4.69) is 39.2 Å². The van der Waals surface area contributed by atoms with Crippen LogP contribution in [-0.2, 0) is 9.47 Å². The predicted octanol–water partition coefficient (Wildman–Crippen LogP) is 6.13. The molecule has 0 spiro atoms. The number of anilines is 2. The van der Waals surface area contributed by atoms with Gasteiger partial charge in [-0.25, -0.2) is 14.0 Å². The van der Waals surface area contributed by atoms with Crippen LogP contribution >= 0.6 is 23.2 Å². The molecule has 2 aliphatic heterocycles. The average molecular weight is 625 g/mol. The van der Waals surface area contributed by atoms with Crippen molar-refractivity contribution in [1.82, 2.24) is 14.3 Å². The van der Waals surface area contributed by atoms with Crippen molar-refractivity contribution < 1.29 is 14.2 Å². The predicted molar refractivity (Wildman–Crippen MR) is 169 cm³/mol. The van der Waals surface area contributed by atoms with Gasteiger partial charge in [0.1, 0.15) is 24.8 Å². The van der Waals surface area contributed by atoms with Crippen LogP contribution in [-0.4, -0.2) is 59.8 Å². The molecule has 0 bridgehead atoms. The normalized spacial score (nSPS) is 19.5. The second-order valence-electron chi connectivity index (χ2n) is 10.9. The minimum atomic E-state index is -0.507. The van der Waals surface area contributed by atoms with E-state index in [1.165, 1.54) is 5.69 Å². The molecule has 1 unspecified atom stereocenters. The minimum absolute atomic E-state index is 0.0737. The summed E-state index contributed by atoms with van der Waals surface area (Å²) in [5, 5.41) is 5.38. The molecule has 6 rings (SSSR count).